The molecule has 1 aliphatic carbocycles. The number of piperidine rings is 1. The zero-order valence-electron chi connectivity index (χ0n) is 23.1. The van der Waals surface area contributed by atoms with Crippen molar-refractivity contribution < 1.29 is 27.2 Å². The number of likely N-dealkylation sites (tertiary alicyclic amines) is 1. The molecular weight excluding hydrogens is 518 g/mol. The standard InChI is InChI=1S/C29H41N3O6S/c1-3-39(35,36)31(20-23-8-5-4-6-9-23)22-28(33)32(21-24-11-13-26(37-2)14-12-24)25-15-17-30(18-16-25)29(34)27-10-7-19-38-27/h7,10-14,19,23,25H,3-6,8-9,15-18,20-22H2,1-2H3. The highest BCUT2D eigenvalue weighted by Gasteiger charge is 2.34. The first-order valence-electron chi connectivity index (χ1n) is 14.0. The summed E-state index contributed by atoms with van der Waals surface area (Å²) in [6.07, 6.45) is 8.11. The molecule has 0 atom stereocenters. The minimum Gasteiger partial charge on any atom is -0.497 e. The van der Waals surface area contributed by atoms with E-state index >= 15 is 0 Å². The zero-order valence-corrected chi connectivity index (χ0v) is 23.9. The molecule has 0 spiro atoms. The summed E-state index contributed by atoms with van der Waals surface area (Å²) in [6, 6.07) is 10.8. The monoisotopic (exact) mass is 559 g/mol. The number of carbonyl (C=O) groups is 2. The fourth-order valence-corrected chi connectivity index (χ4v) is 6.75. The molecule has 2 aliphatic rings. The molecule has 2 aromatic rings. The molecule has 1 aliphatic heterocycles. The van der Waals surface area contributed by atoms with Gasteiger partial charge in [-0.05, 0) is 68.4 Å². The lowest BCUT2D eigenvalue weighted by Gasteiger charge is -2.39. The fraction of sp³-hybridized carbons (Fsp3) is 0.586. The maximum absolute atomic E-state index is 13.9. The van der Waals surface area contributed by atoms with Gasteiger partial charge in [-0.25, -0.2) is 8.42 Å². The Morgan fingerprint density at radius 2 is 1.72 bits per heavy atom. The number of sulfonamides is 1. The van der Waals surface area contributed by atoms with E-state index in [2.05, 4.69) is 0 Å². The molecule has 2 amide bonds. The molecule has 9 nitrogen and oxygen atoms in total. The van der Waals surface area contributed by atoms with Gasteiger partial charge in [-0.1, -0.05) is 31.4 Å². The quantitative estimate of drug-likeness (QED) is 0.410. The highest BCUT2D eigenvalue weighted by atomic mass is 32.2. The average Bonchev–Trinajstić information content (AvgIpc) is 3.51. The number of furan rings is 1. The summed E-state index contributed by atoms with van der Waals surface area (Å²) < 4.78 is 38.1. The highest BCUT2D eigenvalue weighted by Crippen LogP contribution is 2.27. The van der Waals surface area contributed by atoms with E-state index in [1.165, 1.54) is 17.0 Å². The van der Waals surface area contributed by atoms with Crippen molar-refractivity contribution >= 4 is 21.8 Å². The van der Waals surface area contributed by atoms with Gasteiger partial charge in [0.1, 0.15) is 5.75 Å². The van der Waals surface area contributed by atoms with E-state index in [9.17, 15) is 18.0 Å². The predicted octanol–water partition coefficient (Wildman–Crippen LogP) is 4.15. The Hall–Kier alpha value is -2.85. The molecule has 10 heteroatoms. The number of hydrogen-bond donors (Lipinski definition) is 0. The number of ether oxygens (including phenoxy) is 1. The van der Waals surface area contributed by atoms with Crippen molar-refractivity contribution in [3.63, 3.8) is 0 Å². The molecule has 0 bridgehead atoms. The molecule has 2 fully saturated rings. The Bertz CT molecular complexity index is 1170. The van der Waals surface area contributed by atoms with Crippen LogP contribution in [-0.2, 0) is 21.4 Å². The molecule has 4 rings (SSSR count). The van der Waals surface area contributed by atoms with Crippen LogP contribution in [0.1, 0.15) is 68.0 Å². The van der Waals surface area contributed by atoms with Crippen molar-refractivity contribution in [3.05, 3.63) is 54.0 Å². The van der Waals surface area contributed by atoms with Gasteiger partial charge in [0.2, 0.25) is 15.9 Å². The topological polar surface area (TPSA) is 100 Å². The number of rotatable bonds is 11. The second-order valence-electron chi connectivity index (χ2n) is 10.6. The Balaban J connectivity index is 1.50. The smallest absolute Gasteiger partial charge is 0.289 e. The first-order valence-corrected chi connectivity index (χ1v) is 15.6. The van der Waals surface area contributed by atoms with E-state index in [4.69, 9.17) is 9.15 Å². The van der Waals surface area contributed by atoms with E-state index in [1.807, 2.05) is 29.2 Å². The summed E-state index contributed by atoms with van der Waals surface area (Å²) in [5, 5.41) is 0. The van der Waals surface area contributed by atoms with Crippen LogP contribution in [0, 0.1) is 5.92 Å². The minimum atomic E-state index is -3.54. The maximum Gasteiger partial charge on any atom is 0.289 e. The third kappa shape index (κ3) is 7.63. The summed E-state index contributed by atoms with van der Waals surface area (Å²) in [7, 11) is -1.93. The SMILES string of the molecule is CCS(=O)(=O)N(CC(=O)N(Cc1ccc(OC)cc1)C1CCN(C(=O)c2ccco2)CC1)CC1CCCCC1. The first-order chi connectivity index (χ1) is 18.8. The first kappa shape index (κ1) is 29.1. The van der Waals surface area contributed by atoms with Gasteiger partial charge in [-0.2, -0.15) is 4.31 Å². The van der Waals surface area contributed by atoms with Crippen LogP contribution < -0.4 is 4.74 Å². The van der Waals surface area contributed by atoms with Crippen molar-refractivity contribution in [1.82, 2.24) is 14.1 Å². The lowest BCUT2D eigenvalue weighted by Crippen LogP contribution is -2.52. The summed E-state index contributed by atoms with van der Waals surface area (Å²) >= 11 is 0. The van der Waals surface area contributed by atoms with Crippen molar-refractivity contribution in [2.75, 3.05) is 39.0 Å². The van der Waals surface area contributed by atoms with Gasteiger partial charge in [-0.15, -0.1) is 0 Å². The van der Waals surface area contributed by atoms with Crippen LogP contribution in [0.5, 0.6) is 5.75 Å². The van der Waals surface area contributed by atoms with E-state index in [1.54, 1.807) is 31.1 Å². The molecule has 0 N–H and O–H groups in total. The van der Waals surface area contributed by atoms with Crippen molar-refractivity contribution in [3.8, 4) is 5.75 Å². The van der Waals surface area contributed by atoms with Crippen LogP contribution in [0.25, 0.3) is 0 Å². The van der Waals surface area contributed by atoms with E-state index in [0.717, 1.165) is 37.0 Å². The number of nitrogens with zero attached hydrogens (tertiary/aromatic N) is 3. The highest BCUT2D eigenvalue weighted by molar-refractivity contribution is 7.89. The molecule has 1 aromatic heterocycles. The van der Waals surface area contributed by atoms with Crippen LogP contribution >= 0.6 is 0 Å². The third-order valence-corrected chi connectivity index (χ3v) is 9.81. The molecule has 214 valence electrons. The summed E-state index contributed by atoms with van der Waals surface area (Å²) in [4.78, 5) is 30.2. The number of benzene rings is 1. The lowest BCUT2D eigenvalue weighted by atomic mass is 9.89. The van der Waals surface area contributed by atoms with Crippen molar-refractivity contribution in [2.45, 2.75) is 64.5 Å². The van der Waals surface area contributed by atoms with Crippen LogP contribution in [-0.4, -0.2) is 79.4 Å². The van der Waals surface area contributed by atoms with E-state index in [0.29, 0.717) is 50.7 Å². The van der Waals surface area contributed by atoms with Gasteiger partial charge in [0.05, 0.1) is 25.7 Å². The van der Waals surface area contributed by atoms with Gasteiger partial charge in [0.15, 0.2) is 5.76 Å². The number of carbonyl (C=O) groups excluding carboxylic acids is 2. The molecule has 1 saturated heterocycles. The Morgan fingerprint density at radius 3 is 2.31 bits per heavy atom. The molecule has 0 radical (unpaired) electrons. The maximum atomic E-state index is 13.9. The van der Waals surface area contributed by atoms with E-state index in [-0.39, 0.29) is 30.2 Å². The lowest BCUT2D eigenvalue weighted by molar-refractivity contribution is -0.135. The Morgan fingerprint density at radius 1 is 1.03 bits per heavy atom. The predicted molar refractivity (Wildman–Crippen MR) is 149 cm³/mol. The van der Waals surface area contributed by atoms with Crippen LogP contribution in [0.4, 0.5) is 0 Å². The van der Waals surface area contributed by atoms with Gasteiger partial charge >= 0.3 is 0 Å². The third-order valence-electron chi connectivity index (χ3n) is 8.01. The van der Waals surface area contributed by atoms with Crippen molar-refractivity contribution in [2.24, 2.45) is 5.92 Å². The number of amides is 2. The Labute approximate surface area is 232 Å². The molecule has 39 heavy (non-hydrogen) atoms. The van der Waals surface area contributed by atoms with Crippen molar-refractivity contribution in [1.29, 1.82) is 0 Å². The van der Waals surface area contributed by atoms with E-state index < -0.39 is 10.0 Å². The largest absolute Gasteiger partial charge is 0.497 e. The summed E-state index contributed by atoms with van der Waals surface area (Å²) in [6.45, 7) is 3.23. The zero-order chi connectivity index (χ0) is 27.8. The molecule has 0 unspecified atom stereocenters. The summed E-state index contributed by atoms with van der Waals surface area (Å²) in [5.41, 5.74) is 0.940. The molecular formula is C29H41N3O6S. The van der Waals surface area contributed by atoms with Crippen LogP contribution in [0.2, 0.25) is 0 Å². The number of hydrogen-bond acceptors (Lipinski definition) is 6. The fourth-order valence-electron chi connectivity index (χ4n) is 5.64. The second-order valence-corrected chi connectivity index (χ2v) is 12.8. The minimum absolute atomic E-state index is 0.0290. The Kier molecular flexibility index (Phi) is 10.1. The van der Waals surface area contributed by atoms with Gasteiger partial charge in [0, 0.05) is 32.2 Å². The summed E-state index contributed by atoms with van der Waals surface area (Å²) in [5.74, 6) is 0.947. The molecule has 1 saturated carbocycles. The van der Waals surface area contributed by atoms with Gasteiger partial charge in [-0.3, -0.25) is 9.59 Å². The number of methoxy groups -OCH3 is 1. The van der Waals surface area contributed by atoms with Crippen LogP contribution in [0.15, 0.2) is 47.1 Å². The normalized spacial score (nSPS) is 17.4. The molecule has 2 heterocycles. The second kappa shape index (κ2) is 13.5. The van der Waals surface area contributed by atoms with Gasteiger partial charge < -0.3 is 19.0 Å². The van der Waals surface area contributed by atoms with Crippen LogP contribution in [0.3, 0.4) is 0 Å². The van der Waals surface area contributed by atoms with Gasteiger partial charge in [0.25, 0.3) is 5.91 Å². The molecule has 1 aromatic carbocycles. The average molecular weight is 560 g/mol.